The Morgan fingerprint density at radius 2 is 2.04 bits per heavy atom. The van der Waals surface area contributed by atoms with Gasteiger partial charge in [0.25, 0.3) is 0 Å². The molecule has 7 heteroatoms. The fourth-order valence-corrected chi connectivity index (χ4v) is 2.10. The summed E-state index contributed by atoms with van der Waals surface area (Å²) in [5.74, 6) is 0.455. The quantitative estimate of drug-likeness (QED) is 0.874. The third-order valence-corrected chi connectivity index (χ3v) is 3.41. The molecule has 0 aliphatic carbocycles. The number of nitrogens with one attached hydrogen (secondary N) is 1. The van der Waals surface area contributed by atoms with Gasteiger partial charge < -0.3 is 14.7 Å². The van der Waals surface area contributed by atoms with Gasteiger partial charge in [0.15, 0.2) is 5.82 Å². The summed E-state index contributed by atoms with van der Waals surface area (Å²) in [6.45, 7) is 1.67. The summed E-state index contributed by atoms with van der Waals surface area (Å²) >= 11 is 0. The molecule has 0 radical (unpaired) electrons. The molecule has 0 saturated carbocycles. The van der Waals surface area contributed by atoms with Crippen molar-refractivity contribution in [1.29, 1.82) is 5.26 Å². The molecule has 2 rings (SSSR count). The molecule has 124 valence electrons. The van der Waals surface area contributed by atoms with Crippen molar-refractivity contribution < 1.29 is 14.1 Å². The standard InChI is InChI=1S/C17H18N4O3/c1-12-9-15(20-24-12)19-16(22)11-21(2)17(23)8-7-13-3-5-14(10-18)6-4-13/h3-6,9H,7-8,11H2,1-2H3,(H,19,20,22). The van der Waals surface area contributed by atoms with E-state index in [4.69, 9.17) is 9.78 Å². The Kier molecular flexibility index (Phi) is 5.68. The fraction of sp³-hybridized carbons (Fsp3) is 0.294. The number of aromatic nitrogens is 1. The number of carbonyl (C=O) groups excluding carboxylic acids is 2. The van der Waals surface area contributed by atoms with Crippen molar-refractivity contribution in [3.05, 3.63) is 47.2 Å². The number of likely N-dealkylation sites (N-methyl/N-ethyl adjacent to an activating group) is 1. The SMILES string of the molecule is Cc1cc(NC(=O)CN(C)C(=O)CCc2ccc(C#N)cc2)no1. The molecule has 24 heavy (non-hydrogen) atoms. The van der Waals surface area contributed by atoms with Gasteiger partial charge in [-0.3, -0.25) is 9.59 Å². The van der Waals surface area contributed by atoms with Gasteiger partial charge in [0.2, 0.25) is 11.8 Å². The van der Waals surface area contributed by atoms with Crippen molar-refractivity contribution in [2.24, 2.45) is 0 Å². The second-order valence-electron chi connectivity index (χ2n) is 5.43. The van der Waals surface area contributed by atoms with E-state index in [-0.39, 0.29) is 18.4 Å². The highest BCUT2D eigenvalue weighted by atomic mass is 16.5. The Labute approximate surface area is 139 Å². The van der Waals surface area contributed by atoms with Crippen LogP contribution in [0.5, 0.6) is 0 Å². The Morgan fingerprint density at radius 1 is 1.33 bits per heavy atom. The number of nitriles is 1. The number of hydrogen-bond acceptors (Lipinski definition) is 5. The maximum atomic E-state index is 12.1. The topological polar surface area (TPSA) is 99.2 Å². The van der Waals surface area contributed by atoms with Crippen LogP contribution in [0.3, 0.4) is 0 Å². The van der Waals surface area contributed by atoms with Crippen LogP contribution in [0.25, 0.3) is 0 Å². The molecule has 2 amide bonds. The van der Waals surface area contributed by atoms with E-state index in [0.29, 0.717) is 30.0 Å². The minimum absolute atomic E-state index is 0.0574. The van der Waals surface area contributed by atoms with Gasteiger partial charge in [-0.15, -0.1) is 0 Å². The number of anilines is 1. The lowest BCUT2D eigenvalue weighted by Crippen LogP contribution is -2.35. The van der Waals surface area contributed by atoms with Crippen LogP contribution >= 0.6 is 0 Å². The number of carbonyl (C=O) groups is 2. The van der Waals surface area contributed by atoms with Crippen molar-refractivity contribution in [2.45, 2.75) is 19.8 Å². The summed E-state index contributed by atoms with van der Waals surface area (Å²) in [6, 6.07) is 10.7. The minimum Gasteiger partial charge on any atom is -0.360 e. The van der Waals surface area contributed by atoms with E-state index >= 15 is 0 Å². The first-order valence-corrected chi connectivity index (χ1v) is 7.44. The summed E-state index contributed by atoms with van der Waals surface area (Å²) in [5.41, 5.74) is 1.56. The second-order valence-corrected chi connectivity index (χ2v) is 5.43. The molecule has 0 spiro atoms. The smallest absolute Gasteiger partial charge is 0.245 e. The zero-order chi connectivity index (χ0) is 17.5. The van der Waals surface area contributed by atoms with Gasteiger partial charge in [0.1, 0.15) is 5.76 Å². The van der Waals surface area contributed by atoms with E-state index in [1.165, 1.54) is 4.90 Å². The molecular formula is C17H18N4O3. The van der Waals surface area contributed by atoms with Crippen LogP contribution in [-0.2, 0) is 16.0 Å². The lowest BCUT2D eigenvalue weighted by atomic mass is 10.1. The molecule has 1 heterocycles. The van der Waals surface area contributed by atoms with Gasteiger partial charge in [-0.05, 0) is 31.0 Å². The number of benzene rings is 1. The van der Waals surface area contributed by atoms with E-state index in [9.17, 15) is 9.59 Å². The van der Waals surface area contributed by atoms with E-state index in [0.717, 1.165) is 5.56 Å². The average Bonchev–Trinajstić information content (AvgIpc) is 2.97. The Morgan fingerprint density at radius 3 is 2.62 bits per heavy atom. The molecule has 7 nitrogen and oxygen atoms in total. The largest absolute Gasteiger partial charge is 0.360 e. The molecule has 1 aromatic heterocycles. The predicted molar refractivity (Wildman–Crippen MR) is 87.0 cm³/mol. The molecule has 0 aliphatic heterocycles. The van der Waals surface area contributed by atoms with Crippen LogP contribution in [0.2, 0.25) is 0 Å². The van der Waals surface area contributed by atoms with Crippen LogP contribution in [0.15, 0.2) is 34.9 Å². The Hall–Kier alpha value is -3.14. The third kappa shape index (κ3) is 4.95. The van der Waals surface area contributed by atoms with Gasteiger partial charge in [-0.25, -0.2) is 0 Å². The Balaban J connectivity index is 1.78. The molecule has 1 aromatic carbocycles. The maximum absolute atomic E-state index is 12.1. The molecule has 0 unspecified atom stereocenters. The first-order chi connectivity index (χ1) is 11.5. The molecule has 0 saturated heterocycles. The van der Waals surface area contributed by atoms with Crippen LogP contribution in [0.4, 0.5) is 5.82 Å². The number of rotatable bonds is 6. The van der Waals surface area contributed by atoms with Crippen molar-refractivity contribution >= 4 is 17.6 Å². The minimum atomic E-state index is -0.336. The van der Waals surface area contributed by atoms with Gasteiger partial charge in [-0.2, -0.15) is 5.26 Å². The van der Waals surface area contributed by atoms with Crippen LogP contribution in [0, 0.1) is 18.3 Å². The second kappa shape index (κ2) is 7.92. The molecule has 0 atom stereocenters. The lowest BCUT2D eigenvalue weighted by Gasteiger charge is -2.16. The molecule has 0 aliphatic rings. The van der Waals surface area contributed by atoms with E-state index in [1.54, 1.807) is 32.2 Å². The number of nitrogens with zero attached hydrogens (tertiary/aromatic N) is 3. The summed E-state index contributed by atoms with van der Waals surface area (Å²) < 4.78 is 4.86. The van der Waals surface area contributed by atoms with Gasteiger partial charge >= 0.3 is 0 Å². The first-order valence-electron chi connectivity index (χ1n) is 7.44. The summed E-state index contributed by atoms with van der Waals surface area (Å²) in [7, 11) is 1.58. The zero-order valence-corrected chi connectivity index (χ0v) is 13.6. The third-order valence-electron chi connectivity index (χ3n) is 3.41. The van der Waals surface area contributed by atoms with Crippen LogP contribution < -0.4 is 5.32 Å². The molecular weight excluding hydrogens is 308 g/mol. The highest BCUT2D eigenvalue weighted by Gasteiger charge is 2.14. The predicted octanol–water partition coefficient (Wildman–Crippen LogP) is 1.88. The Bertz CT molecular complexity index is 759. The van der Waals surface area contributed by atoms with Gasteiger partial charge in [0.05, 0.1) is 18.2 Å². The van der Waals surface area contributed by atoms with E-state index in [1.807, 2.05) is 18.2 Å². The molecule has 0 fully saturated rings. The van der Waals surface area contributed by atoms with Gasteiger partial charge in [0, 0.05) is 19.5 Å². The average molecular weight is 326 g/mol. The number of hydrogen-bond donors (Lipinski definition) is 1. The zero-order valence-electron chi connectivity index (χ0n) is 13.6. The summed E-state index contributed by atoms with van der Waals surface area (Å²) in [5, 5.41) is 15.0. The molecule has 2 aromatic rings. The summed E-state index contributed by atoms with van der Waals surface area (Å²) in [4.78, 5) is 25.3. The molecule has 1 N–H and O–H groups in total. The van der Waals surface area contributed by atoms with E-state index in [2.05, 4.69) is 10.5 Å². The number of aryl methyl sites for hydroxylation is 2. The first kappa shape index (κ1) is 17.2. The number of amides is 2. The summed E-state index contributed by atoms with van der Waals surface area (Å²) in [6.07, 6.45) is 0.845. The normalized spacial score (nSPS) is 10.0. The van der Waals surface area contributed by atoms with Crippen molar-refractivity contribution in [1.82, 2.24) is 10.1 Å². The van der Waals surface area contributed by atoms with Crippen LogP contribution in [-0.4, -0.2) is 35.5 Å². The van der Waals surface area contributed by atoms with Gasteiger partial charge in [-0.1, -0.05) is 17.3 Å². The highest BCUT2D eigenvalue weighted by Crippen LogP contribution is 2.08. The highest BCUT2D eigenvalue weighted by molar-refractivity contribution is 5.93. The molecule has 0 bridgehead atoms. The van der Waals surface area contributed by atoms with Crippen molar-refractivity contribution in [3.8, 4) is 6.07 Å². The van der Waals surface area contributed by atoms with Crippen LogP contribution in [0.1, 0.15) is 23.3 Å². The van der Waals surface area contributed by atoms with Crippen molar-refractivity contribution in [3.63, 3.8) is 0 Å². The van der Waals surface area contributed by atoms with Crippen molar-refractivity contribution in [2.75, 3.05) is 18.9 Å². The maximum Gasteiger partial charge on any atom is 0.245 e. The monoisotopic (exact) mass is 326 g/mol. The lowest BCUT2D eigenvalue weighted by molar-refractivity contribution is -0.133. The van der Waals surface area contributed by atoms with E-state index < -0.39 is 0 Å². The fourth-order valence-electron chi connectivity index (χ4n) is 2.10.